The maximum Gasteiger partial charge on any atom is 0.229 e. The topological polar surface area (TPSA) is 72.2 Å². The van der Waals surface area contributed by atoms with Gasteiger partial charge in [0.25, 0.3) is 0 Å². The van der Waals surface area contributed by atoms with Gasteiger partial charge in [-0.15, -0.1) is 0 Å². The van der Waals surface area contributed by atoms with Crippen LogP contribution in [0.5, 0.6) is 0 Å². The Balaban J connectivity index is 2.38. The second-order valence-corrected chi connectivity index (χ2v) is 7.01. The maximum atomic E-state index is 11.3. The Morgan fingerprint density at radius 1 is 1.10 bits per heavy atom. The second kappa shape index (κ2) is 5.87. The number of nitrogens with two attached hydrogens (primary N) is 1. The van der Waals surface area contributed by atoms with Crippen molar-refractivity contribution < 1.29 is 8.42 Å². The van der Waals surface area contributed by atoms with E-state index in [0.717, 1.165) is 22.9 Å². The van der Waals surface area contributed by atoms with Crippen molar-refractivity contribution in [2.24, 2.45) is 5.73 Å². The lowest BCUT2D eigenvalue weighted by Crippen LogP contribution is -2.15. The van der Waals surface area contributed by atoms with Crippen molar-refractivity contribution in [1.29, 1.82) is 0 Å². The molecule has 0 aliphatic carbocycles. The Labute approximate surface area is 126 Å². The van der Waals surface area contributed by atoms with Crippen LogP contribution < -0.4 is 10.5 Å². The lowest BCUT2D eigenvalue weighted by molar-refractivity contribution is 0.607. The molecule has 0 aliphatic rings. The highest BCUT2D eigenvalue weighted by atomic mass is 32.2. The predicted molar refractivity (Wildman–Crippen MR) is 86.9 cm³/mol. The van der Waals surface area contributed by atoms with E-state index in [1.54, 1.807) is 18.2 Å². The SMILES string of the molecule is Cc1cccc(C(N)c2cccc(NS(C)(=O)=O)c2)c1C. The van der Waals surface area contributed by atoms with Crippen LogP contribution in [0, 0.1) is 13.8 Å². The lowest BCUT2D eigenvalue weighted by Gasteiger charge is -2.17. The predicted octanol–water partition coefficient (Wildman–Crippen LogP) is 2.72. The first kappa shape index (κ1) is 15.5. The summed E-state index contributed by atoms with van der Waals surface area (Å²) in [6, 6.07) is 12.9. The zero-order valence-corrected chi connectivity index (χ0v) is 13.2. The van der Waals surface area contributed by atoms with E-state index < -0.39 is 10.0 Å². The summed E-state index contributed by atoms with van der Waals surface area (Å²) in [5, 5.41) is 0. The summed E-state index contributed by atoms with van der Waals surface area (Å²) in [7, 11) is -3.29. The van der Waals surface area contributed by atoms with Crippen molar-refractivity contribution >= 4 is 15.7 Å². The largest absolute Gasteiger partial charge is 0.320 e. The summed E-state index contributed by atoms with van der Waals surface area (Å²) in [5.41, 5.74) is 11.1. The van der Waals surface area contributed by atoms with Gasteiger partial charge in [-0.25, -0.2) is 8.42 Å². The fraction of sp³-hybridized carbons (Fsp3) is 0.250. The molecule has 4 nitrogen and oxygen atoms in total. The molecule has 2 aromatic carbocycles. The van der Waals surface area contributed by atoms with Crippen molar-refractivity contribution in [2.45, 2.75) is 19.9 Å². The summed E-state index contributed by atoms with van der Waals surface area (Å²) in [4.78, 5) is 0. The first-order valence-corrected chi connectivity index (χ1v) is 8.56. The number of sulfonamides is 1. The summed E-state index contributed by atoms with van der Waals surface area (Å²) in [6.45, 7) is 4.09. The zero-order valence-electron chi connectivity index (χ0n) is 12.4. The molecule has 0 bridgehead atoms. The highest BCUT2D eigenvalue weighted by Gasteiger charge is 2.13. The standard InChI is InChI=1S/C16H20N2O2S/c1-11-6-4-9-15(12(11)2)16(17)13-7-5-8-14(10-13)18-21(3,19)20/h4-10,16,18H,17H2,1-3H3. The van der Waals surface area contributed by atoms with Gasteiger partial charge in [0.15, 0.2) is 0 Å². The normalized spacial score (nSPS) is 13.0. The van der Waals surface area contributed by atoms with E-state index >= 15 is 0 Å². The van der Waals surface area contributed by atoms with Gasteiger partial charge in [-0.1, -0.05) is 30.3 Å². The molecule has 2 rings (SSSR count). The molecule has 2 aromatic rings. The van der Waals surface area contributed by atoms with E-state index in [2.05, 4.69) is 4.72 Å². The van der Waals surface area contributed by atoms with Crippen LogP contribution in [0.3, 0.4) is 0 Å². The molecule has 0 amide bonds. The van der Waals surface area contributed by atoms with E-state index in [-0.39, 0.29) is 6.04 Å². The molecule has 112 valence electrons. The third kappa shape index (κ3) is 3.83. The van der Waals surface area contributed by atoms with Gasteiger partial charge in [0.05, 0.1) is 12.3 Å². The van der Waals surface area contributed by atoms with Gasteiger partial charge in [-0.3, -0.25) is 4.72 Å². The molecule has 0 heterocycles. The van der Waals surface area contributed by atoms with Gasteiger partial charge < -0.3 is 5.73 Å². The fourth-order valence-electron chi connectivity index (χ4n) is 2.30. The number of benzene rings is 2. The summed E-state index contributed by atoms with van der Waals surface area (Å²) in [6.07, 6.45) is 1.13. The quantitative estimate of drug-likeness (QED) is 0.912. The van der Waals surface area contributed by atoms with E-state index in [4.69, 9.17) is 5.73 Å². The molecule has 0 aromatic heterocycles. The minimum absolute atomic E-state index is 0.286. The van der Waals surface area contributed by atoms with Gasteiger partial charge in [-0.05, 0) is 48.2 Å². The van der Waals surface area contributed by atoms with Crippen LogP contribution in [0.4, 0.5) is 5.69 Å². The number of anilines is 1. The van der Waals surface area contributed by atoms with Crippen LogP contribution in [-0.2, 0) is 10.0 Å². The van der Waals surface area contributed by atoms with E-state index in [1.165, 1.54) is 5.56 Å². The Morgan fingerprint density at radius 3 is 2.43 bits per heavy atom. The minimum atomic E-state index is -3.29. The molecule has 0 radical (unpaired) electrons. The Morgan fingerprint density at radius 2 is 1.76 bits per heavy atom. The van der Waals surface area contributed by atoms with Gasteiger partial charge >= 0.3 is 0 Å². The van der Waals surface area contributed by atoms with E-state index in [9.17, 15) is 8.42 Å². The van der Waals surface area contributed by atoms with Gasteiger partial charge in [0.1, 0.15) is 0 Å². The number of hydrogen-bond acceptors (Lipinski definition) is 3. The van der Waals surface area contributed by atoms with Crippen molar-refractivity contribution in [3.05, 3.63) is 64.7 Å². The third-order valence-corrected chi connectivity index (χ3v) is 4.14. The summed E-state index contributed by atoms with van der Waals surface area (Å²) in [5.74, 6) is 0. The van der Waals surface area contributed by atoms with Crippen LogP contribution in [0.25, 0.3) is 0 Å². The molecule has 0 spiro atoms. The summed E-state index contributed by atoms with van der Waals surface area (Å²) < 4.78 is 25.1. The molecule has 0 fully saturated rings. The molecule has 3 N–H and O–H groups in total. The maximum absolute atomic E-state index is 11.3. The Hall–Kier alpha value is -1.85. The van der Waals surface area contributed by atoms with Crippen LogP contribution >= 0.6 is 0 Å². The molecule has 21 heavy (non-hydrogen) atoms. The van der Waals surface area contributed by atoms with Crippen molar-refractivity contribution in [2.75, 3.05) is 11.0 Å². The van der Waals surface area contributed by atoms with Gasteiger partial charge in [-0.2, -0.15) is 0 Å². The second-order valence-electron chi connectivity index (χ2n) is 5.27. The smallest absolute Gasteiger partial charge is 0.229 e. The Bertz CT molecular complexity index is 755. The molecule has 5 heteroatoms. The monoisotopic (exact) mass is 304 g/mol. The highest BCUT2D eigenvalue weighted by Crippen LogP contribution is 2.26. The third-order valence-electron chi connectivity index (χ3n) is 3.53. The number of hydrogen-bond donors (Lipinski definition) is 2. The lowest BCUT2D eigenvalue weighted by atomic mass is 9.93. The first-order chi connectivity index (χ1) is 9.78. The van der Waals surface area contributed by atoms with Crippen LogP contribution in [0.15, 0.2) is 42.5 Å². The Kier molecular flexibility index (Phi) is 4.34. The number of aryl methyl sites for hydroxylation is 1. The van der Waals surface area contributed by atoms with Crippen LogP contribution in [-0.4, -0.2) is 14.7 Å². The molecular formula is C16H20N2O2S. The van der Waals surface area contributed by atoms with Crippen LogP contribution in [0.1, 0.15) is 28.3 Å². The first-order valence-electron chi connectivity index (χ1n) is 6.67. The zero-order chi connectivity index (χ0) is 15.6. The van der Waals surface area contributed by atoms with Crippen molar-refractivity contribution in [3.8, 4) is 0 Å². The van der Waals surface area contributed by atoms with E-state index in [0.29, 0.717) is 5.69 Å². The molecular weight excluding hydrogens is 284 g/mol. The fourth-order valence-corrected chi connectivity index (χ4v) is 2.86. The summed E-state index contributed by atoms with van der Waals surface area (Å²) >= 11 is 0. The van der Waals surface area contributed by atoms with Crippen molar-refractivity contribution in [1.82, 2.24) is 0 Å². The van der Waals surface area contributed by atoms with E-state index in [1.807, 2.05) is 38.1 Å². The average Bonchev–Trinajstić information content (AvgIpc) is 2.39. The molecule has 0 aliphatic heterocycles. The average molecular weight is 304 g/mol. The van der Waals surface area contributed by atoms with Gasteiger partial charge in [0, 0.05) is 5.69 Å². The minimum Gasteiger partial charge on any atom is -0.320 e. The molecule has 1 atom stereocenters. The van der Waals surface area contributed by atoms with Crippen molar-refractivity contribution in [3.63, 3.8) is 0 Å². The highest BCUT2D eigenvalue weighted by molar-refractivity contribution is 7.92. The molecule has 1 unspecified atom stereocenters. The molecule has 0 saturated carbocycles. The molecule has 0 saturated heterocycles. The number of rotatable bonds is 4. The number of nitrogens with one attached hydrogen (secondary N) is 1. The van der Waals surface area contributed by atoms with Gasteiger partial charge in [0.2, 0.25) is 10.0 Å². The van der Waals surface area contributed by atoms with Crippen LogP contribution in [0.2, 0.25) is 0 Å².